The van der Waals surface area contributed by atoms with Gasteiger partial charge >= 0.3 is 12.0 Å². The van der Waals surface area contributed by atoms with Gasteiger partial charge < -0.3 is 15.3 Å². The van der Waals surface area contributed by atoms with Crippen molar-refractivity contribution in [1.29, 1.82) is 5.26 Å². The van der Waals surface area contributed by atoms with Crippen LogP contribution in [0, 0.1) is 17.1 Å². The van der Waals surface area contributed by atoms with E-state index in [1.54, 1.807) is 13.0 Å². The van der Waals surface area contributed by atoms with E-state index in [-0.39, 0.29) is 17.3 Å². The molecule has 0 spiro atoms. The van der Waals surface area contributed by atoms with Crippen LogP contribution in [0.5, 0.6) is 0 Å². The van der Waals surface area contributed by atoms with Crippen LogP contribution in [-0.4, -0.2) is 34.6 Å². The second-order valence-electron chi connectivity index (χ2n) is 4.48. The molecule has 1 atom stereocenters. The predicted molar refractivity (Wildman–Crippen MR) is 74.2 cm³/mol. The van der Waals surface area contributed by atoms with Crippen molar-refractivity contribution in [3.8, 4) is 6.07 Å². The minimum atomic E-state index is -1.15. The number of nitrogens with one attached hydrogen (secondary N) is 1. The number of carboxylic acid groups (broad SMARTS) is 1. The molecule has 21 heavy (non-hydrogen) atoms. The number of halogens is 1. The number of anilines is 1. The monoisotopic (exact) mass is 293 g/mol. The minimum absolute atomic E-state index is 0.0150. The van der Waals surface area contributed by atoms with E-state index in [2.05, 4.69) is 5.32 Å². The SMILES string of the molecule is CCC(C)N(CC(=O)O)C(=O)Nc1cccc(F)c1C#N. The third-order valence-electron chi connectivity index (χ3n) is 3.06. The molecule has 0 bridgehead atoms. The number of carbonyl (C=O) groups is 2. The quantitative estimate of drug-likeness (QED) is 0.871. The first kappa shape index (κ1) is 16.4. The molecule has 0 saturated carbocycles. The number of hydrogen-bond acceptors (Lipinski definition) is 3. The van der Waals surface area contributed by atoms with Crippen LogP contribution in [0.1, 0.15) is 25.8 Å². The first-order valence-electron chi connectivity index (χ1n) is 6.38. The fraction of sp³-hybridized carbons (Fsp3) is 0.357. The lowest BCUT2D eigenvalue weighted by Gasteiger charge is -2.27. The summed E-state index contributed by atoms with van der Waals surface area (Å²) in [6.45, 7) is 3.05. The molecule has 0 aliphatic carbocycles. The number of amides is 2. The van der Waals surface area contributed by atoms with E-state index in [0.29, 0.717) is 6.42 Å². The van der Waals surface area contributed by atoms with Crippen molar-refractivity contribution in [2.75, 3.05) is 11.9 Å². The van der Waals surface area contributed by atoms with Gasteiger partial charge in [0, 0.05) is 6.04 Å². The number of nitrogens with zero attached hydrogens (tertiary/aromatic N) is 2. The second-order valence-corrected chi connectivity index (χ2v) is 4.48. The third kappa shape index (κ3) is 4.18. The maximum Gasteiger partial charge on any atom is 0.323 e. The van der Waals surface area contributed by atoms with Gasteiger partial charge in [-0.1, -0.05) is 13.0 Å². The molecule has 7 heteroatoms. The maximum atomic E-state index is 13.5. The Kier molecular flexibility index (Phi) is 5.67. The smallest absolute Gasteiger partial charge is 0.323 e. The van der Waals surface area contributed by atoms with Crippen molar-refractivity contribution in [2.45, 2.75) is 26.3 Å². The Morgan fingerprint density at radius 1 is 1.52 bits per heavy atom. The molecule has 0 aliphatic heterocycles. The molecule has 0 saturated heterocycles. The molecule has 1 unspecified atom stereocenters. The lowest BCUT2D eigenvalue weighted by atomic mass is 10.2. The van der Waals surface area contributed by atoms with Crippen molar-refractivity contribution in [1.82, 2.24) is 4.90 Å². The Labute approximate surface area is 121 Å². The number of urea groups is 1. The van der Waals surface area contributed by atoms with Crippen LogP contribution in [0.2, 0.25) is 0 Å². The maximum absolute atomic E-state index is 13.5. The van der Waals surface area contributed by atoms with Gasteiger partial charge in [0.1, 0.15) is 24.0 Å². The van der Waals surface area contributed by atoms with Gasteiger partial charge in [0.25, 0.3) is 0 Å². The van der Waals surface area contributed by atoms with Gasteiger partial charge in [-0.25, -0.2) is 9.18 Å². The van der Waals surface area contributed by atoms with E-state index in [1.165, 1.54) is 12.1 Å². The van der Waals surface area contributed by atoms with E-state index < -0.39 is 24.4 Å². The summed E-state index contributed by atoms with van der Waals surface area (Å²) in [6.07, 6.45) is 0.564. The molecule has 1 aromatic rings. The van der Waals surface area contributed by atoms with Gasteiger partial charge in [0.05, 0.1) is 5.69 Å². The summed E-state index contributed by atoms with van der Waals surface area (Å²) in [7, 11) is 0. The van der Waals surface area contributed by atoms with E-state index >= 15 is 0 Å². The molecule has 1 rings (SSSR count). The number of aliphatic carboxylic acids is 1. The average Bonchev–Trinajstić information content (AvgIpc) is 2.44. The fourth-order valence-electron chi connectivity index (χ4n) is 1.72. The average molecular weight is 293 g/mol. The highest BCUT2D eigenvalue weighted by Gasteiger charge is 2.22. The van der Waals surface area contributed by atoms with Crippen LogP contribution >= 0.6 is 0 Å². The van der Waals surface area contributed by atoms with E-state index in [0.717, 1.165) is 11.0 Å². The van der Waals surface area contributed by atoms with E-state index in [1.807, 2.05) is 6.92 Å². The zero-order chi connectivity index (χ0) is 16.0. The molecule has 112 valence electrons. The van der Waals surface area contributed by atoms with Gasteiger partial charge in [-0.05, 0) is 25.5 Å². The number of rotatable bonds is 5. The number of hydrogen-bond donors (Lipinski definition) is 2. The van der Waals surface area contributed by atoms with E-state index in [4.69, 9.17) is 10.4 Å². The van der Waals surface area contributed by atoms with Gasteiger partial charge in [0.15, 0.2) is 0 Å². The van der Waals surface area contributed by atoms with Crippen LogP contribution < -0.4 is 5.32 Å². The minimum Gasteiger partial charge on any atom is -0.480 e. The summed E-state index contributed by atoms with van der Waals surface area (Å²) in [5.74, 6) is -1.89. The largest absolute Gasteiger partial charge is 0.480 e. The molecule has 2 N–H and O–H groups in total. The van der Waals surface area contributed by atoms with Crippen molar-refractivity contribution < 1.29 is 19.1 Å². The number of nitriles is 1. The molecule has 2 amide bonds. The first-order valence-corrected chi connectivity index (χ1v) is 6.38. The highest BCUT2D eigenvalue weighted by atomic mass is 19.1. The Morgan fingerprint density at radius 3 is 2.71 bits per heavy atom. The van der Waals surface area contributed by atoms with Gasteiger partial charge in [-0.2, -0.15) is 5.26 Å². The molecule has 1 aromatic carbocycles. The Hall–Kier alpha value is -2.62. The summed E-state index contributed by atoms with van der Waals surface area (Å²) in [5.41, 5.74) is -0.272. The summed E-state index contributed by atoms with van der Waals surface area (Å²) >= 11 is 0. The number of benzene rings is 1. The summed E-state index contributed by atoms with van der Waals surface area (Å²) < 4.78 is 13.5. The highest BCUT2D eigenvalue weighted by Crippen LogP contribution is 2.18. The van der Waals surface area contributed by atoms with Gasteiger partial charge in [0.2, 0.25) is 0 Å². The van der Waals surface area contributed by atoms with Crippen LogP contribution in [0.4, 0.5) is 14.9 Å². The van der Waals surface area contributed by atoms with Crippen LogP contribution in [-0.2, 0) is 4.79 Å². The van der Waals surface area contributed by atoms with Gasteiger partial charge in [-0.3, -0.25) is 4.79 Å². The first-order chi connectivity index (χ1) is 9.90. The second kappa shape index (κ2) is 7.24. The molecule has 0 heterocycles. The number of carbonyl (C=O) groups excluding carboxylic acids is 1. The summed E-state index contributed by atoms with van der Waals surface area (Å²) in [6, 6.07) is 4.53. The van der Waals surface area contributed by atoms with Crippen LogP contribution in [0.25, 0.3) is 0 Å². The standard InChI is InChI=1S/C14H16FN3O3/c1-3-9(2)18(8-13(19)20)14(21)17-12-6-4-5-11(15)10(12)7-16/h4-6,9H,3,8H2,1-2H3,(H,17,21)(H,19,20). The zero-order valence-electron chi connectivity index (χ0n) is 11.8. The van der Waals surface area contributed by atoms with Gasteiger partial charge in [-0.15, -0.1) is 0 Å². The zero-order valence-corrected chi connectivity index (χ0v) is 11.8. The topological polar surface area (TPSA) is 93.4 Å². The lowest BCUT2D eigenvalue weighted by molar-refractivity contribution is -0.138. The third-order valence-corrected chi connectivity index (χ3v) is 3.06. The lowest BCUT2D eigenvalue weighted by Crippen LogP contribution is -2.44. The van der Waals surface area contributed by atoms with E-state index in [9.17, 15) is 14.0 Å². The fourth-order valence-corrected chi connectivity index (χ4v) is 1.72. The molecular formula is C14H16FN3O3. The Morgan fingerprint density at radius 2 is 2.19 bits per heavy atom. The molecule has 0 aromatic heterocycles. The van der Waals surface area contributed by atoms with Crippen molar-refractivity contribution in [3.63, 3.8) is 0 Å². The molecule has 6 nitrogen and oxygen atoms in total. The normalized spacial score (nSPS) is 11.3. The van der Waals surface area contributed by atoms with Crippen LogP contribution in [0.15, 0.2) is 18.2 Å². The Balaban J connectivity index is 3.00. The highest BCUT2D eigenvalue weighted by molar-refractivity contribution is 5.92. The van der Waals surface area contributed by atoms with Crippen molar-refractivity contribution in [3.05, 3.63) is 29.6 Å². The summed E-state index contributed by atoms with van der Waals surface area (Å²) in [5, 5.41) is 20.1. The molecule has 0 aliphatic rings. The molecule has 0 radical (unpaired) electrons. The van der Waals surface area contributed by atoms with Crippen LogP contribution in [0.3, 0.4) is 0 Å². The predicted octanol–water partition coefficient (Wildman–Crippen LogP) is 2.41. The summed E-state index contributed by atoms with van der Waals surface area (Å²) in [4.78, 5) is 24.1. The van der Waals surface area contributed by atoms with Crippen molar-refractivity contribution in [2.24, 2.45) is 0 Å². The number of carboxylic acids is 1. The molecule has 0 fully saturated rings. The van der Waals surface area contributed by atoms with Crippen molar-refractivity contribution >= 4 is 17.7 Å². The molecular weight excluding hydrogens is 277 g/mol. The Bertz CT molecular complexity index is 583.